The number of aryl methyl sites for hydroxylation is 1. The Labute approximate surface area is 141 Å². The number of nitrogens with zero attached hydrogens (tertiary/aromatic N) is 1. The molecular weight excluding hydrogens is 336 g/mol. The molecule has 1 aromatic rings. The number of carboxylic acid groups (broad SMARTS) is 2. The molecule has 1 aliphatic heterocycles. The van der Waals surface area contributed by atoms with E-state index in [4.69, 9.17) is 15.9 Å². The number of thioether (sulfide) groups is 1. The van der Waals surface area contributed by atoms with Crippen molar-refractivity contribution < 1.29 is 29.4 Å². The largest absolute Gasteiger partial charge is 0.480 e. The van der Waals surface area contributed by atoms with Gasteiger partial charge in [0.1, 0.15) is 6.04 Å². The first kappa shape index (κ1) is 18.0. The van der Waals surface area contributed by atoms with Gasteiger partial charge in [-0.2, -0.15) is 0 Å². The summed E-state index contributed by atoms with van der Waals surface area (Å²) >= 11 is 1.01. The average Bonchev–Trinajstić information content (AvgIpc) is 2.79. The zero-order valence-corrected chi connectivity index (χ0v) is 13.6. The number of imide groups is 1. The summed E-state index contributed by atoms with van der Waals surface area (Å²) in [5.41, 5.74) is 6.20. The molecule has 0 saturated carbocycles. The number of aromatic carboxylic acids is 1. The summed E-state index contributed by atoms with van der Waals surface area (Å²) in [7, 11) is 0. The van der Waals surface area contributed by atoms with E-state index >= 15 is 0 Å². The number of rotatable bonds is 6. The number of anilines is 1. The second-order valence-electron chi connectivity index (χ2n) is 5.34. The normalized spacial score (nSPS) is 18.8. The molecule has 9 heteroatoms. The predicted molar refractivity (Wildman–Crippen MR) is 87.1 cm³/mol. The Balaban J connectivity index is 2.22. The molecule has 1 aromatic carbocycles. The van der Waals surface area contributed by atoms with Crippen molar-refractivity contribution in [1.82, 2.24) is 0 Å². The van der Waals surface area contributed by atoms with E-state index in [1.54, 1.807) is 6.92 Å². The summed E-state index contributed by atoms with van der Waals surface area (Å²) in [4.78, 5) is 47.5. The summed E-state index contributed by atoms with van der Waals surface area (Å²) in [6.07, 6.45) is -0.0768. The SMILES string of the molecule is Cc1ccc(C(=O)O)cc1N1C(=O)CC(SCC(N)C(=O)O)C1=O. The number of hydrogen-bond acceptors (Lipinski definition) is 6. The van der Waals surface area contributed by atoms with Crippen molar-refractivity contribution in [2.45, 2.75) is 24.6 Å². The average molecular weight is 352 g/mol. The highest BCUT2D eigenvalue weighted by Gasteiger charge is 2.40. The van der Waals surface area contributed by atoms with Crippen LogP contribution in [0.5, 0.6) is 0 Å². The van der Waals surface area contributed by atoms with Gasteiger partial charge in [0.15, 0.2) is 0 Å². The van der Waals surface area contributed by atoms with E-state index in [1.807, 2.05) is 0 Å². The maximum Gasteiger partial charge on any atom is 0.335 e. The van der Waals surface area contributed by atoms with Crippen molar-refractivity contribution in [3.8, 4) is 0 Å². The Morgan fingerprint density at radius 3 is 2.62 bits per heavy atom. The number of carbonyl (C=O) groups excluding carboxylic acids is 2. The summed E-state index contributed by atoms with van der Waals surface area (Å²) in [5, 5.41) is 17.1. The Bertz CT molecular complexity index is 720. The van der Waals surface area contributed by atoms with E-state index in [1.165, 1.54) is 18.2 Å². The van der Waals surface area contributed by atoms with Crippen molar-refractivity contribution in [2.24, 2.45) is 5.73 Å². The van der Waals surface area contributed by atoms with Gasteiger partial charge in [-0.1, -0.05) is 6.07 Å². The number of carboxylic acids is 2. The van der Waals surface area contributed by atoms with Crippen LogP contribution in [0, 0.1) is 6.92 Å². The monoisotopic (exact) mass is 352 g/mol. The molecule has 128 valence electrons. The van der Waals surface area contributed by atoms with Crippen LogP contribution in [0.15, 0.2) is 18.2 Å². The molecule has 0 spiro atoms. The smallest absolute Gasteiger partial charge is 0.335 e. The molecule has 2 unspecified atom stereocenters. The molecular formula is C15H16N2O6S. The van der Waals surface area contributed by atoms with Gasteiger partial charge in [0, 0.05) is 12.2 Å². The quantitative estimate of drug-likeness (QED) is 0.628. The Hall–Kier alpha value is -2.39. The van der Waals surface area contributed by atoms with Gasteiger partial charge in [0.2, 0.25) is 11.8 Å². The number of amides is 2. The maximum absolute atomic E-state index is 12.5. The van der Waals surface area contributed by atoms with Crippen LogP contribution in [0.1, 0.15) is 22.3 Å². The van der Waals surface area contributed by atoms with E-state index in [0.717, 1.165) is 16.7 Å². The number of benzene rings is 1. The molecule has 4 N–H and O–H groups in total. The van der Waals surface area contributed by atoms with Gasteiger partial charge >= 0.3 is 11.9 Å². The van der Waals surface area contributed by atoms with Crippen LogP contribution in [0.3, 0.4) is 0 Å². The van der Waals surface area contributed by atoms with Crippen molar-refractivity contribution >= 4 is 41.2 Å². The molecule has 8 nitrogen and oxygen atoms in total. The third-order valence-corrected chi connectivity index (χ3v) is 4.92. The maximum atomic E-state index is 12.5. The summed E-state index contributed by atoms with van der Waals surface area (Å²) in [6.45, 7) is 1.67. The fourth-order valence-electron chi connectivity index (χ4n) is 2.26. The minimum Gasteiger partial charge on any atom is -0.480 e. The zero-order valence-electron chi connectivity index (χ0n) is 12.8. The minimum absolute atomic E-state index is 0.001000. The third kappa shape index (κ3) is 3.57. The van der Waals surface area contributed by atoms with Crippen LogP contribution in [0.4, 0.5) is 5.69 Å². The second kappa shape index (κ2) is 7.02. The second-order valence-corrected chi connectivity index (χ2v) is 6.58. The van der Waals surface area contributed by atoms with Crippen LogP contribution in [0.25, 0.3) is 0 Å². The third-order valence-electron chi connectivity index (χ3n) is 3.60. The zero-order chi connectivity index (χ0) is 18.0. The molecule has 1 heterocycles. The fourth-order valence-corrected chi connectivity index (χ4v) is 3.35. The van der Waals surface area contributed by atoms with E-state index in [0.29, 0.717) is 5.56 Å². The molecule has 2 atom stereocenters. The highest BCUT2D eigenvalue weighted by molar-refractivity contribution is 8.00. The molecule has 0 radical (unpaired) electrons. The van der Waals surface area contributed by atoms with Gasteiger partial charge in [0.25, 0.3) is 0 Å². The van der Waals surface area contributed by atoms with Gasteiger partial charge in [-0.3, -0.25) is 14.4 Å². The lowest BCUT2D eigenvalue weighted by atomic mass is 10.1. The lowest BCUT2D eigenvalue weighted by molar-refractivity contribution is -0.138. The molecule has 2 amide bonds. The van der Waals surface area contributed by atoms with Gasteiger partial charge < -0.3 is 15.9 Å². The molecule has 1 aliphatic rings. The van der Waals surface area contributed by atoms with Gasteiger partial charge in [-0.25, -0.2) is 9.69 Å². The lowest BCUT2D eigenvalue weighted by Gasteiger charge is -2.18. The highest BCUT2D eigenvalue weighted by atomic mass is 32.2. The fraction of sp³-hybridized carbons (Fsp3) is 0.333. The van der Waals surface area contributed by atoms with Crippen LogP contribution in [-0.2, 0) is 14.4 Å². The lowest BCUT2D eigenvalue weighted by Crippen LogP contribution is -2.35. The molecule has 1 fully saturated rings. The Morgan fingerprint density at radius 1 is 1.38 bits per heavy atom. The number of carbonyl (C=O) groups is 4. The summed E-state index contributed by atoms with van der Waals surface area (Å²) in [5.74, 6) is -3.28. The van der Waals surface area contributed by atoms with Crippen LogP contribution in [-0.4, -0.2) is 51.0 Å². The van der Waals surface area contributed by atoms with E-state index in [2.05, 4.69) is 0 Å². The number of aliphatic carboxylic acids is 1. The minimum atomic E-state index is -1.18. The van der Waals surface area contributed by atoms with E-state index in [9.17, 15) is 19.2 Å². The Kier molecular flexibility index (Phi) is 5.25. The van der Waals surface area contributed by atoms with E-state index in [-0.39, 0.29) is 23.4 Å². The topological polar surface area (TPSA) is 138 Å². The standard InChI is InChI=1S/C15H16N2O6S/c1-7-2-3-8(14(20)21)4-10(7)17-12(18)5-11(13(17)19)24-6-9(16)15(22)23/h2-4,9,11H,5-6,16H2,1H3,(H,20,21)(H,22,23). The molecule has 2 rings (SSSR count). The van der Waals surface area contributed by atoms with Crippen molar-refractivity contribution in [3.63, 3.8) is 0 Å². The van der Waals surface area contributed by atoms with Crippen molar-refractivity contribution in [1.29, 1.82) is 0 Å². The summed E-state index contributed by atoms with van der Waals surface area (Å²) < 4.78 is 0. The first-order chi connectivity index (χ1) is 11.2. The van der Waals surface area contributed by atoms with Crippen molar-refractivity contribution in [3.05, 3.63) is 29.3 Å². The Morgan fingerprint density at radius 2 is 2.04 bits per heavy atom. The first-order valence-corrected chi connectivity index (χ1v) is 8.08. The van der Waals surface area contributed by atoms with E-state index < -0.39 is 35.0 Å². The van der Waals surface area contributed by atoms with Gasteiger partial charge in [-0.05, 0) is 24.6 Å². The van der Waals surface area contributed by atoms with Gasteiger partial charge in [0.05, 0.1) is 16.5 Å². The number of hydrogen-bond donors (Lipinski definition) is 3. The summed E-state index contributed by atoms with van der Waals surface area (Å²) in [6, 6.07) is 3.08. The molecule has 24 heavy (non-hydrogen) atoms. The molecule has 1 saturated heterocycles. The van der Waals surface area contributed by atoms with Crippen LogP contribution < -0.4 is 10.6 Å². The van der Waals surface area contributed by atoms with Crippen LogP contribution in [0.2, 0.25) is 0 Å². The molecule has 0 aromatic heterocycles. The van der Waals surface area contributed by atoms with Crippen molar-refractivity contribution in [2.75, 3.05) is 10.7 Å². The molecule has 0 bridgehead atoms. The highest BCUT2D eigenvalue weighted by Crippen LogP contribution is 2.32. The molecule has 0 aliphatic carbocycles. The van der Waals surface area contributed by atoms with Gasteiger partial charge in [-0.15, -0.1) is 11.8 Å². The number of nitrogens with two attached hydrogens (primary N) is 1. The first-order valence-electron chi connectivity index (χ1n) is 7.03. The predicted octanol–water partition coefficient (Wildman–Crippen LogP) is 0.470. The van der Waals surface area contributed by atoms with Crippen LogP contribution >= 0.6 is 11.8 Å².